The van der Waals surface area contributed by atoms with E-state index >= 15 is 0 Å². The minimum Gasteiger partial charge on any atom is -0.454 e. The zero-order valence-electron chi connectivity index (χ0n) is 15.7. The van der Waals surface area contributed by atoms with Crippen LogP contribution in [0.3, 0.4) is 0 Å². The number of aromatic nitrogens is 3. The maximum absolute atomic E-state index is 13.0. The largest absolute Gasteiger partial charge is 0.454 e. The second kappa shape index (κ2) is 7.16. The highest BCUT2D eigenvalue weighted by Crippen LogP contribution is 2.37. The molecule has 0 saturated heterocycles. The summed E-state index contributed by atoms with van der Waals surface area (Å²) in [5.41, 5.74) is 2.42. The number of aryl methyl sites for hydroxylation is 2. The molecule has 0 aliphatic rings. The summed E-state index contributed by atoms with van der Waals surface area (Å²) in [6.45, 7) is 3.81. The van der Waals surface area contributed by atoms with E-state index in [9.17, 15) is 13.2 Å². The van der Waals surface area contributed by atoms with Gasteiger partial charge in [-0.1, -0.05) is 6.07 Å². The summed E-state index contributed by atoms with van der Waals surface area (Å²) in [6, 6.07) is 12.4. The molecule has 3 aromatic heterocycles. The Kier molecular flexibility index (Phi) is 4.66. The predicted octanol–water partition coefficient (Wildman–Crippen LogP) is 6.12. The summed E-state index contributed by atoms with van der Waals surface area (Å²) in [6.07, 6.45) is -1.35. The molecule has 0 bridgehead atoms. The van der Waals surface area contributed by atoms with Gasteiger partial charge < -0.3 is 4.74 Å². The van der Waals surface area contributed by atoms with Crippen molar-refractivity contribution in [3.8, 4) is 22.9 Å². The highest BCUT2D eigenvalue weighted by Gasteiger charge is 2.30. The molecule has 0 spiro atoms. The van der Waals surface area contributed by atoms with Gasteiger partial charge in [-0.05, 0) is 61.9 Å². The first-order valence-electron chi connectivity index (χ1n) is 8.86. The number of rotatable bonds is 3. The number of nitrogens with zero attached hydrogens (tertiary/aromatic N) is 3. The van der Waals surface area contributed by atoms with E-state index in [4.69, 9.17) is 4.74 Å². The number of benzene rings is 1. The molecule has 0 saturated carbocycles. The molecule has 0 atom stereocenters. The van der Waals surface area contributed by atoms with E-state index in [2.05, 4.69) is 15.0 Å². The van der Waals surface area contributed by atoms with Crippen LogP contribution in [0.2, 0.25) is 0 Å². The van der Waals surface area contributed by atoms with Crippen molar-refractivity contribution in [1.29, 1.82) is 0 Å². The van der Waals surface area contributed by atoms with Gasteiger partial charge >= 0.3 is 6.18 Å². The molecule has 1 aromatic carbocycles. The van der Waals surface area contributed by atoms with Gasteiger partial charge in [0.05, 0.1) is 16.8 Å². The molecule has 146 valence electrons. The van der Waals surface area contributed by atoms with Gasteiger partial charge in [-0.2, -0.15) is 13.2 Å². The van der Waals surface area contributed by atoms with Crippen LogP contribution in [-0.2, 0) is 6.18 Å². The van der Waals surface area contributed by atoms with Crippen molar-refractivity contribution in [1.82, 2.24) is 15.0 Å². The van der Waals surface area contributed by atoms with Gasteiger partial charge in [0.15, 0.2) is 5.75 Å². The van der Waals surface area contributed by atoms with E-state index < -0.39 is 11.7 Å². The summed E-state index contributed by atoms with van der Waals surface area (Å²) in [5, 5.41) is 0.477. The molecule has 0 N–H and O–H groups in total. The minimum atomic E-state index is -4.43. The lowest BCUT2D eigenvalue weighted by Gasteiger charge is -2.14. The number of ether oxygens (including phenoxy) is 1. The molecule has 29 heavy (non-hydrogen) atoms. The lowest BCUT2D eigenvalue weighted by atomic mass is 10.1. The standard InChI is InChI=1S/C22H16F3N3O/c1-13-11-20(21(28-14(13)2)17-5-3-4-9-26-17)29-19-8-10-27-18-12-15(22(23,24)25)6-7-16(18)19/h3-12H,1-2H3. The molecular formula is C22H16F3N3O. The van der Waals surface area contributed by atoms with Gasteiger partial charge in [-0.15, -0.1) is 0 Å². The monoisotopic (exact) mass is 395 g/mol. The van der Waals surface area contributed by atoms with Crippen LogP contribution in [0.4, 0.5) is 13.2 Å². The van der Waals surface area contributed by atoms with Crippen LogP contribution in [0.5, 0.6) is 11.5 Å². The molecule has 4 rings (SSSR count). The topological polar surface area (TPSA) is 47.9 Å². The maximum Gasteiger partial charge on any atom is 0.416 e. The molecule has 0 aliphatic heterocycles. The average Bonchev–Trinajstić information content (AvgIpc) is 2.70. The summed E-state index contributed by atoms with van der Waals surface area (Å²) in [5.74, 6) is 0.866. The van der Waals surface area contributed by atoms with Crippen LogP contribution in [0, 0.1) is 13.8 Å². The van der Waals surface area contributed by atoms with Crippen LogP contribution in [0.25, 0.3) is 22.3 Å². The Morgan fingerprint density at radius 1 is 0.862 bits per heavy atom. The third kappa shape index (κ3) is 3.76. The fourth-order valence-electron chi connectivity index (χ4n) is 2.95. The molecule has 7 heteroatoms. The van der Waals surface area contributed by atoms with Gasteiger partial charge in [-0.3, -0.25) is 9.97 Å². The number of hydrogen-bond donors (Lipinski definition) is 0. The first-order valence-corrected chi connectivity index (χ1v) is 8.86. The Labute approximate surface area is 165 Å². The molecular weight excluding hydrogens is 379 g/mol. The highest BCUT2D eigenvalue weighted by atomic mass is 19.4. The van der Waals surface area contributed by atoms with Crippen molar-refractivity contribution in [3.63, 3.8) is 0 Å². The van der Waals surface area contributed by atoms with E-state index in [-0.39, 0.29) is 5.52 Å². The zero-order valence-corrected chi connectivity index (χ0v) is 15.7. The van der Waals surface area contributed by atoms with Gasteiger partial charge in [0.2, 0.25) is 0 Å². The smallest absolute Gasteiger partial charge is 0.416 e. The molecule has 0 unspecified atom stereocenters. The van der Waals surface area contributed by atoms with E-state index in [1.807, 2.05) is 32.0 Å². The van der Waals surface area contributed by atoms with Crippen molar-refractivity contribution in [2.24, 2.45) is 0 Å². The summed E-state index contributed by atoms with van der Waals surface area (Å²) in [7, 11) is 0. The number of fused-ring (bicyclic) bond motifs is 1. The third-order valence-corrected chi connectivity index (χ3v) is 4.59. The Morgan fingerprint density at radius 2 is 1.69 bits per heavy atom. The van der Waals surface area contributed by atoms with Crippen molar-refractivity contribution in [2.45, 2.75) is 20.0 Å². The predicted molar refractivity (Wildman–Crippen MR) is 104 cm³/mol. The van der Waals surface area contributed by atoms with Gasteiger partial charge in [-0.25, -0.2) is 4.98 Å². The fraction of sp³-hybridized carbons (Fsp3) is 0.136. The van der Waals surface area contributed by atoms with Gasteiger partial charge in [0, 0.05) is 23.5 Å². The van der Waals surface area contributed by atoms with Crippen molar-refractivity contribution < 1.29 is 17.9 Å². The molecule has 3 heterocycles. The van der Waals surface area contributed by atoms with Crippen LogP contribution in [0.15, 0.2) is 60.9 Å². The van der Waals surface area contributed by atoms with Crippen LogP contribution in [-0.4, -0.2) is 15.0 Å². The Bertz CT molecular complexity index is 1190. The van der Waals surface area contributed by atoms with Crippen LogP contribution in [0.1, 0.15) is 16.8 Å². The summed E-state index contributed by atoms with van der Waals surface area (Å²) in [4.78, 5) is 13.0. The molecule has 0 radical (unpaired) electrons. The first-order chi connectivity index (χ1) is 13.8. The zero-order chi connectivity index (χ0) is 20.6. The molecule has 0 fully saturated rings. The summed E-state index contributed by atoms with van der Waals surface area (Å²) < 4.78 is 45.2. The SMILES string of the molecule is Cc1cc(Oc2ccnc3cc(C(F)(F)F)ccc23)c(-c2ccccn2)nc1C. The van der Waals surface area contributed by atoms with Crippen molar-refractivity contribution in [3.05, 3.63) is 77.7 Å². The van der Waals surface area contributed by atoms with Crippen molar-refractivity contribution in [2.75, 3.05) is 0 Å². The van der Waals surface area contributed by atoms with Crippen LogP contribution < -0.4 is 4.74 Å². The first kappa shape index (κ1) is 18.9. The Morgan fingerprint density at radius 3 is 2.41 bits per heavy atom. The number of halogens is 3. The van der Waals surface area contributed by atoms with E-state index in [0.29, 0.717) is 28.3 Å². The lowest BCUT2D eigenvalue weighted by molar-refractivity contribution is -0.137. The fourth-order valence-corrected chi connectivity index (χ4v) is 2.95. The average molecular weight is 395 g/mol. The number of alkyl halides is 3. The van der Waals surface area contributed by atoms with Gasteiger partial charge in [0.25, 0.3) is 0 Å². The van der Waals surface area contributed by atoms with E-state index in [1.165, 1.54) is 12.3 Å². The number of pyridine rings is 3. The minimum absolute atomic E-state index is 0.202. The Balaban J connectivity index is 1.82. The van der Waals surface area contributed by atoms with Gasteiger partial charge in [0.1, 0.15) is 11.4 Å². The molecule has 4 aromatic rings. The molecule has 0 amide bonds. The second-order valence-corrected chi connectivity index (χ2v) is 6.59. The highest BCUT2D eigenvalue weighted by molar-refractivity contribution is 5.86. The van der Waals surface area contributed by atoms with Crippen molar-refractivity contribution >= 4 is 10.9 Å². The number of hydrogen-bond acceptors (Lipinski definition) is 4. The van der Waals surface area contributed by atoms with E-state index in [1.54, 1.807) is 18.3 Å². The quantitative estimate of drug-likeness (QED) is 0.419. The lowest BCUT2D eigenvalue weighted by Crippen LogP contribution is -2.04. The molecule has 0 aliphatic carbocycles. The summed E-state index contributed by atoms with van der Waals surface area (Å²) >= 11 is 0. The second-order valence-electron chi connectivity index (χ2n) is 6.59. The van der Waals surface area contributed by atoms with E-state index in [0.717, 1.165) is 23.4 Å². The normalized spacial score (nSPS) is 11.6. The Hall–Kier alpha value is -3.48. The van der Waals surface area contributed by atoms with Crippen LogP contribution >= 0.6 is 0 Å². The maximum atomic E-state index is 13.0. The molecule has 4 nitrogen and oxygen atoms in total. The third-order valence-electron chi connectivity index (χ3n) is 4.59.